The summed E-state index contributed by atoms with van der Waals surface area (Å²) in [4.78, 5) is 27.7. The first-order chi connectivity index (χ1) is 17.2. The van der Waals surface area contributed by atoms with Crippen molar-refractivity contribution in [3.05, 3.63) is 76.0 Å². The molecular formula is C27H27ClN2O6. The number of anilines is 1. The molecule has 1 fully saturated rings. The van der Waals surface area contributed by atoms with Gasteiger partial charge >= 0.3 is 5.91 Å². The van der Waals surface area contributed by atoms with E-state index in [0.717, 1.165) is 6.42 Å². The fourth-order valence-electron chi connectivity index (χ4n) is 3.99. The highest BCUT2D eigenvalue weighted by Crippen LogP contribution is 2.44. The molecule has 1 saturated heterocycles. The van der Waals surface area contributed by atoms with Crippen LogP contribution in [0.3, 0.4) is 0 Å². The predicted molar refractivity (Wildman–Crippen MR) is 135 cm³/mol. The molecule has 1 aromatic heterocycles. The summed E-state index contributed by atoms with van der Waals surface area (Å²) in [6, 6.07) is 12.1. The summed E-state index contributed by atoms with van der Waals surface area (Å²) in [7, 11) is 1.51. The first-order valence-electron chi connectivity index (χ1n) is 11.5. The number of ether oxygens (including phenoxy) is 2. The van der Waals surface area contributed by atoms with Crippen LogP contribution in [0, 0.1) is 12.8 Å². The van der Waals surface area contributed by atoms with Crippen molar-refractivity contribution in [3.8, 4) is 11.5 Å². The van der Waals surface area contributed by atoms with Gasteiger partial charge in [0.1, 0.15) is 11.5 Å². The molecule has 8 nitrogen and oxygen atoms in total. The Balaban J connectivity index is 1.84. The van der Waals surface area contributed by atoms with Crippen molar-refractivity contribution in [2.75, 3.05) is 18.6 Å². The van der Waals surface area contributed by atoms with Crippen LogP contribution in [0.1, 0.15) is 43.2 Å². The summed E-state index contributed by atoms with van der Waals surface area (Å²) in [6.45, 7) is 6.42. The fraction of sp³-hybridized carbons (Fsp3) is 0.296. The third-order valence-corrected chi connectivity index (χ3v) is 6.13. The van der Waals surface area contributed by atoms with Crippen molar-refractivity contribution in [2.45, 2.75) is 33.2 Å². The zero-order chi connectivity index (χ0) is 26.0. The minimum absolute atomic E-state index is 0.0847. The van der Waals surface area contributed by atoms with Gasteiger partial charge in [0, 0.05) is 16.7 Å². The molecule has 36 heavy (non-hydrogen) atoms. The van der Waals surface area contributed by atoms with Crippen molar-refractivity contribution in [1.29, 1.82) is 0 Å². The maximum absolute atomic E-state index is 13.2. The molecule has 1 amide bonds. The largest absolute Gasteiger partial charge is 0.507 e. The molecule has 0 bridgehead atoms. The Morgan fingerprint density at radius 1 is 1.14 bits per heavy atom. The number of hydrogen-bond donors (Lipinski definition) is 1. The van der Waals surface area contributed by atoms with Crippen LogP contribution in [-0.2, 0) is 9.59 Å². The second-order valence-corrected chi connectivity index (χ2v) is 9.35. The van der Waals surface area contributed by atoms with Crippen LogP contribution in [0.25, 0.3) is 5.76 Å². The first-order valence-corrected chi connectivity index (χ1v) is 11.9. The van der Waals surface area contributed by atoms with E-state index >= 15 is 0 Å². The number of Topliss-reactive ketones (excluding diaryl/α,β-unsaturated/α-hetero) is 1. The molecule has 4 rings (SSSR count). The zero-order valence-electron chi connectivity index (χ0n) is 20.4. The average Bonchev–Trinajstić information content (AvgIpc) is 3.39. The second-order valence-electron chi connectivity index (χ2n) is 8.91. The molecule has 0 unspecified atom stereocenters. The van der Waals surface area contributed by atoms with Gasteiger partial charge < -0.3 is 19.1 Å². The highest BCUT2D eigenvalue weighted by Gasteiger charge is 2.48. The van der Waals surface area contributed by atoms with Crippen LogP contribution >= 0.6 is 11.6 Å². The van der Waals surface area contributed by atoms with E-state index in [1.807, 2.05) is 0 Å². The number of benzene rings is 2. The van der Waals surface area contributed by atoms with Crippen LogP contribution in [-0.4, -0.2) is 35.7 Å². The number of carbonyl (C=O) groups is 2. The highest BCUT2D eigenvalue weighted by molar-refractivity contribution is 6.51. The van der Waals surface area contributed by atoms with Crippen LogP contribution in [0.5, 0.6) is 11.5 Å². The lowest BCUT2D eigenvalue weighted by molar-refractivity contribution is -0.132. The molecule has 1 aliphatic rings. The van der Waals surface area contributed by atoms with E-state index in [1.165, 1.54) is 12.0 Å². The lowest BCUT2D eigenvalue weighted by Crippen LogP contribution is -2.29. The van der Waals surface area contributed by atoms with Gasteiger partial charge in [-0.25, -0.2) is 0 Å². The molecule has 188 valence electrons. The highest BCUT2D eigenvalue weighted by atomic mass is 35.5. The summed E-state index contributed by atoms with van der Waals surface area (Å²) in [5, 5.41) is 15.6. The number of aromatic nitrogens is 1. The fourth-order valence-corrected chi connectivity index (χ4v) is 4.12. The van der Waals surface area contributed by atoms with Gasteiger partial charge in [0.2, 0.25) is 0 Å². The lowest BCUT2D eigenvalue weighted by Gasteiger charge is -2.24. The summed E-state index contributed by atoms with van der Waals surface area (Å²) >= 11 is 5.99. The van der Waals surface area contributed by atoms with Gasteiger partial charge in [0.05, 0.1) is 25.3 Å². The number of aliphatic hydroxyl groups excluding tert-OH is 1. The summed E-state index contributed by atoms with van der Waals surface area (Å²) in [6.07, 6.45) is 0.873. The SMILES string of the molecule is COc1cc([C@@H]2/C(=C(\O)c3ccc(Cl)cc3)C(=O)C(=O)N2c2cc(C)on2)ccc1OCCC(C)C. The Morgan fingerprint density at radius 2 is 1.86 bits per heavy atom. The maximum atomic E-state index is 13.2. The summed E-state index contributed by atoms with van der Waals surface area (Å²) < 4.78 is 16.6. The molecule has 2 aromatic carbocycles. The lowest BCUT2D eigenvalue weighted by atomic mass is 9.95. The standard InChI is InChI=1S/C27H27ClN2O6/c1-15(2)11-12-35-20-10-7-18(14-21(20)34-4)24-23(25(31)17-5-8-19(28)9-6-17)26(32)27(33)30(24)22-13-16(3)36-29-22/h5-10,13-15,24,31H,11-12H2,1-4H3/b25-23+/t24-/m1/s1. The molecule has 1 atom stereocenters. The van der Waals surface area contributed by atoms with Crippen molar-refractivity contribution in [2.24, 2.45) is 5.92 Å². The molecule has 2 heterocycles. The van der Waals surface area contributed by atoms with Crippen molar-refractivity contribution >= 4 is 34.9 Å². The van der Waals surface area contributed by atoms with Crippen LogP contribution in [0.4, 0.5) is 5.82 Å². The number of amides is 1. The van der Waals surface area contributed by atoms with Gasteiger partial charge in [-0.3, -0.25) is 14.5 Å². The average molecular weight is 511 g/mol. The molecular weight excluding hydrogens is 484 g/mol. The van der Waals surface area contributed by atoms with Gasteiger partial charge in [-0.2, -0.15) is 0 Å². The smallest absolute Gasteiger partial charge is 0.301 e. The Labute approximate surface area is 214 Å². The number of aliphatic hydroxyl groups is 1. The topological polar surface area (TPSA) is 102 Å². The molecule has 0 spiro atoms. The van der Waals surface area contributed by atoms with Crippen molar-refractivity contribution < 1.29 is 28.7 Å². The number of nitrogens with zero attached hydrogens (tertiary/aromatic N) is 2. The van der Waals surface area contributed by atoms with E-state index in [9.17, 15) is 14.7 Å². The summed E-state index contributed by atoms with van der Waals surface area (Å²) in [5.74, 6) is 0.0754. The number of methoxy groups -OCH3 is 1. The van der Waals surface area contributed by atoms with E-state index in [4.69, 9.17) is 25.6 Å². The number of ketones is 1. The molecule has 1 aliphatic heterocycles. The van der Waals surface area contributed by atoms with Crippen LogP contribution < -0.4 is 14.4 Å². The van der Waals surface area contributed by atoms with E-state index in [2.05, 4.69) is 19.0 Å². The van der Waals surface area contributed by atoms with Gasteiger partial charge in [-0.1, -0.05) is 36.7 Å². The van der Waals surface area contributed by atoms with E-state index in [-0.39, 0.29) is 17.2 Å². The molecule has 0 saturated carbocycles. The van der Waals surface area contributed by atoms with E-state index < -0.39 is 17.7 Å². The Bertz CT molecular complexity index is 1310. The van der Waals surface area contributed by atoms with Gasteiger partial charge in [-0.15, -0.1) is 0 Å². The monoisotopic (exact) mass is 510 g/mol. The minimum Gasteiger partial charge on any atom is -0.507 e. The zero-order valence-corrected chi connectivity index (χ0v) is 21.2. The number of carbonyl (C=O) groups excluding carboxylic acids is 2. The third kappa shape index (κ3) is 4.95. The molecule has 0 radical (unpaired) electrons. The Kier molecular flexibility index (Phi) is 7.35. The molecule has 9 heteroatoms. The van der Waals surface area contributed by atoms with Crippen molar-refractivity contribution in [3.63, 3.8) is 0 Å². The predicted octanol–water partition coefficient (Wildman–Crippen LogP) is 5.70. The Hall–Kier alpha value is -3.78. The van der Waals surface area contributed by atoms with E-state index in [0.29, 0.717) is 45.9 Å². The summed E-state index contributed by atoms with van der Waals surface area (Å²) in [5.41, 5.74) is 0.788. The normalized spacial score (nSPS) is 17.2. The van der Waals surface area contributed by atoms with Crippen LogP contribution in [0.2, 0.25) is 5.02 Å². The van der Waals surface area contributed by atoms with Gasteiger partial charge in [0.15, 0.2) is 17.3 Å². The van der Waals surface area contributed by atoms with Gasteiger partial charge in [-0.05, 0) is 61.2 Å². The second kappa shape index (κ2) is 10.5. The number of rotatable bonds is 8. The van der Waals surface area contributed by atoms with Crippen LogP contribution in [0.15, 0.2) is 58.6 Å². The minimum atomic E-state index is -0.983. The van der Waals surface area contributed by atoms with Gasteiger partial charge in [0.25, 0.3) is 5.78 Å². The molecule has 1 N–H and O–H groups in total. The number of aryl methyl sites for hydroxylation is 1. The third-order valence-electron chi connectivity index (χ3n) is 5.88. The van der Waals surface area contributed by atoms with E-state index in [1.54, 1.807) is 55.5 Å². The van der Waals surface area contributed by atoms with Crippen molar-refractivity contribution in [1.82, 2.24) is 5.16 Å². The first kappa shape index (κ1) is 25.3. The maximum Gasteiger partial charge on any atom is 0.301 e. The molecule has 0 aliphatic carbocycles. The Morgan fingerprint density at radius 3 is 2.47 bits per heavy atom. The number of hydrogen-bond acceptors (Lipinski definition) is 7. The molecule has 3 aromatic rings. The number of halogens is 1. The quantitative estimate of drug-likeness (QED) is 0.236.